The lowest BCUT2D eigenvalue weighted by atomic mass is 10.1. The van der Waals surface area contributed by atoms with Gasteiger partial charge in [-0.25, -0.2) is 14.2 Å². The topological polar surface area (TPSA) is 129 Å². The summed E-state index contributed by atoms with van der Waals surface area (Å²) in [7, 11) is 1.61. The predicted octanol–water partition coefficient (Wildman–Crippen LogP) is 2.70. The lowest BCUT2D eigenvalue weighted by Gasteiger charge is -2.20. The van der Waals surface area contributed by atoms with E-state index < -0.39 is 17.8 Å². The van der Waals surface area contributed by atoms with Crippen LogP contribution in [0.25, 0.3) is 16.6 Å². The first-order valence-corrected chi connectivity index (χ1v) is 11.5. The average Bonchev–Trinajstić information content (AvgIpc) is 3.54. The van der Waals surface area contributed by atoms with Crippen molar-refractivity contribution in [1.29, 1.82) is 0 Å². The van der Waals surface area contributed by atoms with Crippen LogP contribution >= 0.6 is 0 Å². The molecule has 11 nitrogen and oxygen atoms in total. The molecule has 1 aliphatic rings. The van der Waals surface area contributed by atoms with Crippen molar-refractivity contribution in [3.63, 3.8) is 0 Å². The zero-order chi connectivity index (χ0) is 25.4. The number of primary amides is 1. The van der Waals surface area contributed by atoms with Crippen LogP contribution in [-0.4, -0.2) is 64.1 Å². The van der Waals surface area contributed by atoms with Gasteiger partial charge in [0.25, 0.3) is 5.91 Å². The SMILES string of the molecule is COCCn1cc2c(N3CCC(OC(N)=O)C3)ccc(C(=O)Nc3cc(F)c4nc(C)cn4c3)c2n1. The summed E-state index contributed by atoms with van der Waals surface area (Å²) < 4.78 is 28.1. The van der Waals surface area contributed by atoms with E-state index in [1.807, 2.05) is 12.3 Å². The normalized spacial score (nSPS) is 15.6. The summed E-state index contributed by atoms with van der Waals surface area (Å²) in [5, 5.41) is 8.18. The molecule has 12 heteroatoms. The molecule has 188 valence electrons. The average molecular weight is 496 g/mol. The molecular formula is C24H26FN7O4. The van der Waals surface area contributed by atoms with E-state index in [2.05, 4.69) is 20.3 Å². The Morgan fingerprint density at radius 1 is 1.28 bits per heavy atom. The molecule has 2 amide bonds. The highest BCUT2D eigenvalue weighted by Gasteiger charge is 2.28. The van der Waals surface area contributed by atoms with Crippen molar-refractivity contribution in [3.8, 4) is 0 Å². The summed E-state index contributed by atoms with van der Waals surface area (Å²) in [6, 6.07) is 4.78. The van der Waals surface area contributed by atoms with Gasteiger partial charge in [0.05, 0.1) is 36.6 Å². The molecule has 4 heterocycles. The summed E-state index contributed by atoms with van der Waals surface area (Å²) in [5.74, 6) is -0.956. The Labute approximate surface area is 205 Å². The van der Waals surface area contributed by atoms with Crippen molar-refractivity contribution in [2.24, 2.45) is 5.73 Å². The Morgan fingerprint density at radius 3 is 2.89 bits per heavy atom. The number of hydrogen-bond acceptors (Lipinski definition) is 7. The summed E-state index contributed by atoms with van der Waals surface area (Å²) in [6.45, 7) is 3.86. The smallest absolute Gasteiger partial charge is 0.404 e. The number of carbonyl (C=O) groups excluding carboxylic acids is 2. The zero-order valence-corrected chi connectivity index (χ0v) is 19.9. The lowest BCUT2D eigenvalue weighted by Crippen LogP contribution is -2.27. The van der Waals surface area contributed by atoms with Gasteiger partial charge >= 0.3 is 6.09 Å². The molecule has 1 unspecified atom stereocenters. The van der Waals surface area contributed by atoms with E-state index in [0.29, 0.717) is 55.1 Å². The highest BCUT2D eigenvalue weighted by atomic mass is 19.1. The number of hydrogen-bond donors (Lipinski definition) is 2. The Morgan fingerprint density at radius 2 is 2.11 bits per heavy atom. The van der Waals surface area contributed by atoms with Gasteiger partial charge in [0.2, 0.25) is 0 Å². The van der Waals surface area contributed by atoms with Gasteiger partial charge in [-0.15, -0.1) is 0 Å². The molecule has 0 saturated carbocycles. The molecule has 3 N–H and O–H groups in total. The van der Waals surface area contributed by atoms with Gasteiger partial charge in [-0.3, -0.25) is 9.48 Å². The quantitative estimate of drug-likeness (QED) is 0.403. The molecule has 1 aromatic carbocycles. The number of rotatable bonds is 7. The Bertz CT molecular complexity index is 1460. The number of pyridine rings is 1. The monoisotopic (exact) mass is 495 g/mol. The molecule has 5 rings (SSSR count). The number of carbonyl (C=O) groups is 2. The Balaban J connectivity index is 1.48. The number of halogens is 1. The minimum absolute atomic E-state index is 0.193. The van der Waals surface area contributed by atoms with E-state index in [9.17, 15) is 14.0 Å². The maximum atomic E-state index is 14.5. The fourth-order valence-electron chi connectivity index (χ4n) is 4.55. The van der Waals surface area contributed by atoms with Gasteiger partial charge in [0.1, 0.15) is 11.6 Å². The summed E-state index contributed by atoms with van der Waals surface area (Å²) in [6.07, 6.45) is 4.70. The van der Waals surface area contributed by atoms with Crippen LogP contribution in [0, 0.1) is 12.7 Å². The van der Waals surface area contributed by atoms with Gasteiger partial charge in [-0.05, 0) is 19.1 Å². The number of nitrogens with two attached hydrogens (primary N) is 1. The second-order valence-electron chi connectivity index (χ2n) is 8.72. The van der Waals surface area contributed by atoms with Crippen molar-refractivity contribution in [2.45, 2.75) is 26.0 Å². The highest BCUT2D eigenvalue weighted by Crippen LogP contribution is 2.32. The second kappa shape index (κ2) is 9.46. The highest BCUT2D eigenvalue weighted by molar-refractivity contribution is 6.13. The third kappa shape index (κ3) is 4.54. The third-order valence-electron chi connectivity index (χ3n) is 6.12. The number of fused-ring (bicyclic) bond motifs is 2. The van der Waals surface area contributed by atoms with Crippen LogP contribution in [0.2, 0.25) is 0 Å². The number of methoxy groups -OCH3 is 1. The van der Waals surface area contributed by atoms with Crippen LogP contribution in [0.4, 0.5) is 20.6 Å². The number of aryl methyl sites for hydroxylation is 1. The largest absolute Gasteiger partial charge is 0.444 e. The number of amides is 2. The first kappa shape index (κ1) is 23.5. The van der Waals surface area contributed by atoms with Gasteiger partial charge in [-0.2, -0.15) is 5.10 Å². The van der Waals surface area contributed by atoms with Crippen LogP contribution < -0.4 is 16.0 Å². The Hall–Kier alpha value is -4.19. The molecule has 1 atom stereocenters. The predicted molar refractivity (Wildman–Crippen MR) is 131 cm³/mol. The van der Waals surface area contributed by atoms with E-state index >= 15 is 0 Å². The maximum absolute atomic E-state index is 14.5. The van der Waals surface area contributed by atoms with Crippen LogP contribution in [0.3, 0.4) is 0 Å². The van der Waals surface area contributed by atoms with Crippen LogP contribution in [-0.2, 0) is 16.0 Å². The fourth-order valence-corrected chi connectivity index (χ4v) is 4.55. The molecule has 1 fully saturated rings. The molecule has 3 aromatic heterocycles. The number of ether oxygens (including phenoxy) is 2. The molecule has 0 spiro atoms. The van der Waals surface area contributed by atoms with Crippen molar-refractivity contribution in [2.75, 3.05) is 37.0 Å². The first-order valence-electron chi connectivity index (χ1n) is 11.5. The molecule has 0 radical (unpaired) electrons. The van der Waals surface area contributed by atoms with Crippen LogP contribution in [0.5, 0.6) is 0 Å². The van der Waals surface area contributed by atoms with Gasteiger partial charge in [-0.1, -0.05) is 0 Å². The minimum atomic E-state index is -0.799. The van der Waals surface area contributed by atoms with Crippen molar-refractivity contribution < 1.29 is 23.5 Å². The van der Waals surface area contributed by atoms with E-state index in [1.54, 1.807) is 37.2 Å². The third-order valence-corrected chi connectivity index (χ3v) is 6.12. The summed E-state index contributed by atoms with van der Waals surface area (Å²) in [4.78, 5) is 30.7. The first-order chi connectivity index (χ1) is 17.3. The minimum Gasteiger partial charge on any atom is -0.444 e. The Kier molecular flexibility index (Phi) is 6.18. The number of anilines is 2. The molecule has 1 saturated heterocycles. The molecule has 36 heavy (non-hydrogen) atoms. The van der Waals surface area contributed by atoms with Crippen molar-refractivity contribution >= 4 is 39.9 Å². The van der Waals surface area contributed by atoms with Crippen LogP contribution in [0.15, 0.2) is 36.8 Å². The van der Waals surface area contributed by atoms with Gasteiger partial charge < -0.3 is 29.8 Å². The van der Waals surface area contributed by atoms with Gasteiger partial charge in [0.15, 0.2) is 11.5 Å². The van der Waals surface area contributed by atoms with Crippen molar-refractivity contribution in [3.05, 3.63) is 53.9 Å². The summed E-state index contributed by atoms with van der Waals surface area (Å²) in [5.41, 5.74) is 8.04. The number of imidazole rings is 1. The van der Waals surface area contributed by atoms with Crippen molar-refractivity contribution in [1.82, 2.24) is 19.2 Å². The molecule has 0 aliphatic carbocycles. The molecule has 1 aliphatic heterocycles. The zero-order valence-electron chi connectivity index (χ0n) is 19.9. The molecular weight excluding hydrogens is 469 g/mol. The fraction of sp³-hybridized carbons (Fsp3) is 0.333. The number of nitrogens with zero attached hydrogens (tertiary/aromatic N) is 5. The number of benzene rings is 1. The van der Waals surface area contributed by atoms with E-state index in [0.717, 1.165) is 11.1 Å². The van der Waals surface area contributed by atoms with Crippen LogP contribution in [0.1, 0.15) is 22.5 Å². The van der Waals surface area contributed by atoms with E-state index in [-0.39, 0.29) is 11.8 Å². The molecule has 0 bridgehead atoms. The maximum Gasteiger partial charge on any atom is 0.404 e. The number of aromatic nitrogens is 4. The summed E-state index contributed by atoms with van der Waals surface area (Å²) >= 11 is 0. The van der Waals surface area contributed by atoms with E-state index in [4.69, 9.17) is 15.2 Å². The second-order valence-corrected chi connectivity index (χ2v) is 8.72. The number of nitrogens with one attached hydrogen (secondary N) is 1. The standard InChI is InChI=1S/C24H26FN7O4/c1-14-10-31-11-15(9-19(25)22(31)27-14)28-23(33)17-3-4-20(30-6-5-16(12-30)36-24(26)34)18-13-32(7-8-35-2)29-21(17)18/h3-4,9-11,13,16H,5-8,12H2,1-2H3,(H2,26,34)(H,28,33). The van der Waals surface area contributed by atoms with Gasteiger partial charge in [0, 0.05) is 55.8 Å². The molecule has 4 aromatic rings. The van der Waals surface area contributed by atoms with E-state index in [1.165, 1.54) is 10.5 Å². The lowest BCUT2D eigenvalue weighted by molar-refractivity contribution is 0.102.